The average molecular weight is 289 g/mol. The first kappa shape index (κ1) is 16.0. The lowest BCUT2D eigenvalue weighted by Gasteiger charge is -2.17. The number of esters is 1. The molecule has 0 fully saturated rings. The van der Waals surface area contributed by atoms with E-state index in [1.807, 2.05) is 0 Å². The minimum Gasteiger partial charge on any atom is -0.465 e. The van der Waals surface area contributed by atoms with Gasteiger partial charge in [-0.05, 0) is 25.1 Å². The van der Waals surface area contributed by atoms with E-state index in [0.717, 1.165) is 23.1 Å². The summed E-state index contributed by atoms with van der Waals surface area (Å²) in [4.78, 5) is 24.1. The molecule has 0 atom stereocenters. The Labute approximate surface area is 114 Å². The second-order valence-electron chi connectivity index (χ2n) is 4.04. The maximum absolute atomic E-state index is 12.5. The number of nitrogens with zero attached hydrogens (tertiary/aromatic N) is 1. The number of benzene rings is 1. The van der Waals surface area contributed by atoms with E-state index in [1.165, 1.54) is 13.1 Å². The minimum absolute atomic E-state index is 0.133. The zero-order valence-corrected chi connectivity index (χ0v) is 11.0. The molecule has 0 saturated heterocycles. The highest BCUT2D eigenvalue weighted by atomic mass is 19.4. The summed E-state index contributed by atoms with van der Waals surface area (Å²) in [5, 5.41) is 0. The van der Waals surface area contributed by atoms with Gasteiger partial charge in [-0.25, -0.2) is 0 Å². The van der Waals surface area contributed by atoms with Crippen molar-refractivity contribution in [3.05, 3.63) is 35.4 Å². The first-order valence-corrected chi connectivity index (χ1v) is 5.84. The fourth-order valence-corrected chi connectivity index (χ4v) is 1.52. The van der Waals surface area contributed by atoms with Crippen molar-refractivity contribution < 1.29 is 27.5 Å². The van der Waals surface area contributed by atoms with Crippen LogP contribution in [0.25, 0.3) is 0 Å². The summed E-state index contributed by atoms with van der Waals surface area (Å²) in [5.41, 5.74) is -1.04. The van der Waals surface area contributed by atoms with E-state index < -0.39 is 23.6 Å². The maximum atomic E-state index is 12.5. The van der Waals surface area contributed by atoms with Gasteiger partial charge in [-0.1, -0.05) is 6.07 Å². The molecular formula is C13H14F3NO3. The fourth-order valence-electron chi connectivity index (χ4n) is 1.52. The standard InChI is InChI=1S/C13H14F3NO3/c1-3-20-11(18)8-17(2)12(19)9-5-4-6-10(7-9)13(14,15)16/h4-7H,3,8H2,1-2H3. The van der Waals surface area contributed by atoms with Gasteiger partial charge in [0.25, 0.3) is 5.91 Å². The van der Waals surface area contributed by atoms with Crippen LogP contribution in [0.15, 0.2) is 24.3 Å². The number of alkyl halides is 3. The molecular weight excluding hydrogens is 275 g/mol. The van der Waals surface area contributed by atoms with Crippen molar-refractivity contribution in [3.8, 4) is 0 Å². The summed E-state index contributed by atoms with van der Waals surface area (Å²) in [5.74, 6) is -1.29. The Hall–Kier alpha value is -2.05. The average Bonchev–Trinajstić information content (AvgIpc) is 2.37. The van der Waals surface area contributed by atoms with Gasteiger partial charge in [-0.15, -0.1) is 0 Å². The number of amides is 1. The summed E-state index contributed by atoms with van der Waals surface area (Å²) < 4.78 is 42.3. The highest BCUT2D eigenvalue weighted by molar-refractivity contribution is 5.95. The zero-order valence-electron chi connectivity index (χ0n) is 11.0. The largest absolute Gasteiger partial charge is 0.465 e. The number of halogens is 3. The van der Waals surface area contributed by atoms with E-state index in [1.54, 1.807) is 6.92 Å². The van der Waals surface area contributed by atoms with Gasteiger partial charge in [-0.2, -0.15) is 13.2 Å². The summed E-state index contributed by atoms with van der Waals surface area (Å²) >= 11 is 0. The molecule has 4 nitrogen and oxygen atoms in total. The first-order valence-electron chi connectivity index (χ1n) is 5.84. The number of hydrogen-bond donors (Lipinski definition) is 0. The number of hydrogen-bond acceptors (Lipinski definition) is 3. The van der Waals surface area contributed by atoms with Crippen LogP contribution in [0.5, 0.6) is 0 Å². The number of likely N-dealkylation sites (N-methyl/N-ethyl adjacent to an activating group) is 1. The van der Waals surface area contributed by atoms with E-state index in [-0.39, 0.29) is 18.7 Å². The van der Waals surface area contributed by atoms with Crippen LogP contribution in [0.4, 0.5) is 13.2 Å². The number of carbonyl (C=O) groups excluding carboxylic acids is 2. The van der Waals surface area contributed by atoms with Crippen molar-refractivity contribution >= 4 is 11.9 Å². The normalized spacial score (nSPS) is 11.1. The van der Waals surface area contributed by atoms with E-state index in [2.05, 4.69) is 4.74 Å². The van der Waals surface area contributed by atoms with E-state index in [0.29, 0.717) is 0 Å². The predicted molar refractivity (Wildman–Crippen MR) is 65.0 cm³/mol. The van der Waals surface area contributed by atoms with E-state index in [4.69, 9.17) is 0 Å². The van der Waals surface area contributed by atoms with Gasteiger partial charge < -0.3 is 9.64 Å². The van der Waals surface area contributed by atoms with Crippen molar-refractivity contribution in [2.45, 2.75) is 13.1 Å². The SMILES string of the molecule is CCOC(=O)CN(C)C(=O)c1cccc(C(F)(F)F)c1. The maximum Gasteiger partial charge on any atom is 0.416 e. The number of ether oxygens (including phenoxy) is 1. The smallest absolute Gasteiger partial charge is 0.416 e. The van der Waals surface area contributed by atoms with Crippen molar-refractivity contribution in [2.24, 2.45) is 0 Å². The lowest BCUT2D eigenvalue weighted by Crippen LogP contribution is -2.33. The van der Waals surface area contributed by atoms with Gasteiger partial charge in [-0.3, -0.25) is 9.59 Å². The summed E-state index contributed by atoms with van der Waals surface area (Å²) in [6, 6.07) is 4.04. The molecule has 7 heteroatoms. The molecule has 1 aromatic rings. The summed E-state index contributed by atoms with van der Waals surface area (Å²) in [7, 11) is 1.32. The number of rotatable bonds is 4. The molecule has 0 unspecified atom stereocenters. The van der Waals surface area contributed by atoms with Crippen LogP contribution in [-0.2, 0) is 15.7 Å². The third-order valence-corrected chi connectivity index (χ3v) is 2.46. The zero-order chi connectivity index (χ0) is 15.3. The molecule has 0 radical (unpaired) electrons. The summed E-state index contributed by atoms with van der Waals surface area (Å²) in [6.07, 6.45) is -4.52. The highest BCUT2D eigenvalue weighted by Crippen LogP contribution is 2.29. The molecule has 0 heterocycles. The van der Waals surface area contributed by atoms with Crippen LogP contribution in [-0.4, -0.2) is 37.0 Å². The quantitative estimate of drug-likeness (QED) is 0.799. The molecule has 0 spiro atoms. The molecule has 1 aromatic carbocycles. The van der Waals surface area contributed by atoms with Gasteiger partial charge >= 0.3 is 12.1 Å². The molecule has 110 valence electrons. The van der Waals surface area contributed by atoms with Crippen molar-refractivity contribution in [2.75, 3.05) is 20.2 Å². The van der Waals surface area contributed by atoms with Crippen LogP contribution < -0.4 is 0 Å². The van der Waals surface area contributed by atoms with Crippen LogP contribution in [0, 0.1) is 0 Å². The lowest BCUT2D eigenvalue weighted by molar-refractivity contribution is -0.143. The van der Waals surface area contributed by atoms with Gasteiger partial charge in [0.2, 0.25) is 0 Å². The molecule has 0 aliphatic carbocycles. The molecule has 0 aromatic heterocycles. The Morgan fingerprint density at radius 2 is 1.95 bits per heavy atom. The van der Waals surface area contributed by atoms with Crippen LogP contribution >= 0.6 is 0 Å². The molecule has 0 aliphatic rings. The van der Waals surface area contributed by atoms with Crippen LogP contribution in [0.3, 0.4) is 0 Å². The minimum atomic E-state index is -4.52. The van der Waals surface area contributed by atoms with Gasteiger partial charge in [0.15, 0.2) is 0 Å². The molecule has 0 N–H and O–H groups in total. The van der Waals surface area contributed by atoms with Gasteiger partial charge in [0, 0.05) is 12.6 Å². The van der Waals surface area contributed by atoms with Crippen molar-refractivity contribution in [1.82, 2.24) is 4.90 Å². The van der Waals surface area contributed by atoms with Crippen molar-refractivity contribution in [1.29, 1.82) is 0 Å². The second kappa shape index (κ2) is 6.40. The molecule has 0 saturated carbocycles. The number of carbonyl (C=O) groups is 2. The monoisotopic (exact) mass is 289 g/mol. The highest BCUT2D eigenvalue weighted by Gasteiger charge is 2.31. The molecule has 0 bridgehead atoms. The summed E-state index contributed by atoms with van der Waals surface area (Å²) in [6.45, 7) is 1.47. The Balaban J connectivity index is 2.84. The van der Waals surface area contributed by atoms with Gasteiger partial charge in [0.1, 0.15) is 6.54 Å². The Kier molecular flexibility index (Phi) is 5.12. The topological polar surface area (TPSA) is 46.6 Å². The van der Waals surface area contributed by atoms with Crippen LogP contribution in [0.1, 0.15) is 22.8 Å². The second-order valence-corrected chi connectivity index (χ2v) is 4.04. The van der Waals surface area contributed by atoms with Gasteiger partial charge in [0.05, 0.1) is 12.2 Å². The third-order valence-electron chi connectivity index (χ3n) is 2.46. The van der Waals surface area contributed by atoms with E-state index >= 15 is 0 Å². The van der Waals surface area contributed by atoms with Crippen LogP contribution in [0.2, 0.25) is 0 Å². The third kappa shape index (κ3) is 4.25. The Morgan fingerprint density at radius 1 is 1.30 bits per heavy atom. The molecule has 0 aliphatic heterocycles. The van der Waals surface area contributed by atoms with Crippen molar-refractivity contribution in [3.63, 3.8) is 0 Å². The molecule has 1 rings (SSSR count). The lowest BCUT2D eigenvalue weighted by atomic mass is 10.1. The Morgan fingerprint density at radius 3 is 2.50 bits per heavy atom. The Bertz CT molecular complexity index is 500. The molecule has 20 heavy (non-hydrogen) atoms. The molecule has 1 amide bonds. The van der Waals surface area contributed by atoms with E-state index in [9.17, 15) is 22.8 Å². The predicted octanol–water partition coefficient (Wildman–Crippen LogP) is 2.34. The first-order chi connectivity index (χ1) is 9.25. The fraction of sp³-hybridized carbons (Fsp3) is 0.385.